The molecule has 0 aliphatic rings. The highest BCUT2D eigenvalue weighted by molar-refractivity contribution is 7.92. The molecule has 32 heavy (non-hydrogen) atoms. The smallest absolute Gasteiger partial charge is 0.242 e. The molecule has 0 aromatic heterocycles. The molecule has 174 valence electrons. The third-order valence-corrected chi connectivity index (χ3v) is 6.36. The molecular formula is C23H30FN3O4S. The van der Waals surface area contributed by atoms with E-state index in [2.05, 4.69) is 5.32 Å². The number of amides is 2. The zero-order chi connectivity index (χ0) is 23.7. The van der Waals surface area contributed by atoms with Crippen molar-refractivity contribution >= 4 is 27.5 Å². The predicted molar refractivity (Wildman–Crippen MR) is 123 cm³/mol. The van der Waals surface area contributed by atoms with Gasteiger partial charge in [0.1, 0.15) is 11.9 Å². The first-order valence-electron chi connectivity index (χ1n) is 10.4. The van der Waals surface area contributed by atoms with E-state index in [-0.39, 0.29) is 31.2 Å². The molecule has 1 N–H and O–H groups in total. The highest BCUT2D eigenvalue weighted by atomic mass is 32.2. The molecule has 0 radical (unpaired) electrons. The third-order valence-electron chi connectivity index (χ3n) is 5.16. The van der Waals surface area contributed by atoms with Gasteiger partial charge in [0.2, 0.25) is 21.8 Å². The summed E-state index contributed by atoms with van der Waals surface area (Å²) in [6.45, 7) is 2.10. The maximum atomic E-state index is 13.2. The first-order valence-corrected chi connectivity index (χ1v) is 12.3. The fourth-order valence-electron chi connectivity index (χ4n) is 3.39. The molecular weight excluding hydrogens is 433 g/mol. The fourth-order valence-corrected chi connectivity index (χ4v) is 4.36. The molecule has 0 aliphatic carbocycles. The quantitative estimate of drug-likeness (QED) is 0.555. The van der Waals surface area contributed by atoms with Crippen LogP contribution in [0.4, 0.5) is 10.1 Å². The monoisotopic (exact) mass is 463 g/mol. The summed E-state index contributed by atoms with van der Waals surface area (Å²) in [6.07, 6.45) is 1.99. The number of benzene rings is 2. The Kier molecular flexibility index (Phi) is 9.19. The summed E-state index contributed by atoms with van der Waals surface area (Å²) < 4.78 is 38.8. The molecule has 0 fully saturated rings. The van der Waals surface area contributed by atoms with E-state index in [4.69, 9.17) is 0 Å². The van der Waals surface area contributed by atoms with Gasteiger partial charge in [-0.1, -0.05) is 30.3 Å². The molecule has 7 nitrogen and oxygen atoms in total. The lowest BCUT2D eigenvalue weighted by atomic mass is 10.1. The lowest BCUT2D eigenvalue weighted by molar-refractivity contribution is -0.139. The van der Waals surface area contributed by atoms with Crippen LogP contribution >= 0.6 is 0 Å². The Hall–Kier alpha value is -2.94. The van der Waals surface area contributed by atoms with Crippen LogP contribution in [-0.2, 0) is 26.0 Å². The van der Waals surface area contributed by atoms with Crippen LogP contribution in [0.25, 0.3) is 0 Å². The molecule has 0 spiro atoms. The fraction of sp³-hybridized carbons (Fsp3) is 0.391. The van der Waals surface area contributed by atoms with Gasteiger partial charge in [-0.15, -0.1) is 0 Å². The Bertz CT molecular complexity index is 998. The molecule has 2 aromatic carbocycles. The summed E-state index contributed by atoms with van der Waals surface area (Å²) in [5, 5.41) is 2.57. The van der Waals surface area contributed by atoms with E-state index >= 15 is 0 Å². The normalized spacial score (nSPS) is 12.1. The summed E-state index contributed by atoms with van der Waals surface area (Å²) in [5.74, 6) is -0.963. The van der Waals surface area contributed by atoms with Gasteiger partial charge < -0.3 is 10.2 Å². The van der Waals surface area contributed by atoms with Gasteiger partial charge in [0.15, 0.2) is 0 Å². The largest absolute Gasteiger partial charge is 0.357 e. The van der Waals surface area contributed by atoms with Gasteiger partial charge in [-0.25, -0.2) is 12.8 Å². The van der Waals surface area contributed by atoms with Gasteiger partial charge in [0, 0.05) is 26.6 Å². The first kappa shape index (κ1) is 25.3. The molecule has 0 saturated carbocycles. The molecule has 1 atom stereocenters. The lowest BCUT2D eigenvalue weighted by Gasteiger charge is -2.29. The second-order valence-electron chi connectivity index (χ2n) is 7.53. The van der Waals surface area contributed by atoms with Crippen LogP contribution in [0, 0.1) is 5.82 Å². The number of carbonyl (C=O) groups is 2. The predicted octanol–water partition coefficient (Wildman–Crippen LogP) is 2.58. The minimum absolute atomic E-state index is 0.0666. The molecule has 0 aliphatic heterocycles. The number of hydrogen-bond acceptors (Lipinski definition) is 4. The maximum absolute atomic E-state index is 13.2. The molecule has 2 amide bonds. The van der Waals surface area contributed by atoms with E-state index in [1.807, 2.05) is 30.3 Å². The number of anilines is 1. The number of likely N-dealkylation sites (N-methyl/N-ethyl adjacent to an activating group) is 1. The number of rotatable bonds is 11. The van der Waals surface area contributed by atoms with Crippen molar-refractivity contribution in [1.29, 1.82) is 0 Å². The second-order valence-corrected chi connectivity index (χ2v) is 9.43. The highest BCUT2D eigenvalue weighted by Gasteiger charge is 2.25. The van der Waals surface area contributed by atoms with Crippen molar-refractivity contribution in [3.63, 3.8) is 0 Å². The summed E-state index contributed by atoms with van der Waals surface area (Å²) in [6, 6.07) is 14.2. The van der Waals surface area contributed by atoms with Crippen molar-refractivity contribution in [2.24, 2.45) is 0 Å². The van der Waals surface area contributed by atoms with Crippen molar-refractivity contribution in [2.75, 3.05) is 30.7 Å². The number of hydrogen-bond donors (Lipinski definition) is 1. The molecule has 0 heterocycles. The van der Waals surface area contributed by atoms with Crippen LogP contribution in [-0.4, -0.2) is 57.6 Å². The van der Waals surface area contributed by atoms with Crippen molar-refractivity contribution < 1.29 is 22.4 Å². The van der Waals surface area contributed by atoms with Crippen molar-refractivity contribution in [3.05, 3.63) is 66.0 Å². The molecule has 0 saturated heterocycles. The summed E-state index contributed by atoms with van der Waals surface area (Å²) in [5.41, 5.74) is 1.38. The van der Waals surface area contributed by atoms with Gasteiger partial charge in [-0.05, 0) is 49.6 Å². The van der Waals surface area contributed by atoms with Crippen molar-refractivity contribution in [1.82, 2.24) is 10.2 Å². The van der Waals surface area contributed by atoms with E-state index in [1.54, 1.807) is 6.92 Å². The summed E-state index contributed by atoms with van der Waals surface area (Å²) in [4.78, 5) is 26.7. The Morgan fingerprint density at radius 1 is 1.03 bits per heavy atom. The zero-order valence-corrected chi connectivity index (χ0v) is 19.4. The van der Waals surface area contributed by atoms with E-state index in [1.165, 1.54) is 36.2 Å². The maximum Gasteiger partial charge on any atom is 0.242 e. The first-order chi connectivity index (χ1) is 15.1. The average molecular weight is 464 g/mol. The van der Waals surface area contributed by atoms with Gasteiger partial charge >= 0.3 is 0 Å². The van der Waals surface area contributed by atoms with Crippen LogP contribution in [0.2, 0.25) is 0 Å². The molecule has 2 aromatic rings. The summed E-state index contributed by atoms with van der Waals surface area (Å²) >= 11 is 0. The molecule has 0 unspecified atom stereocenters. The van der Waals surface area contributed by atoms with E-state index in [0.29, 0.717) is 18.7 Å². The zero-order valence-electron chi connectivity index (χ0n) is 18.6. The standard InChI is InChI=1S/C23H30FN3O4S/c1-18(23(29)25-2)26(17-15-19-8-5-4-6-9-19)22(28)10-7-16-27(32(3,30)31)21-13-11-20(24)12-14-21/h4-6,8-9,11-14,18H,7,10,15-17H2,1-3H3,(H,25,29)/t18-/m0/s1. The second kappa shape index (κ2) is 11.6. The van der Waals surface area contributed by atoms with E-state index in [9.17, 15) is 22.4 Å². The Labute approximate surface area is 189 Å². The van der Waals surface area contributed by atoms with Crippen molar-refractivity contribution in [3.8, 4) is 0 Å². The minimum Gasteiger partial charge on any atom is -0.357 e. The van der Waals surface area contributed by atoms with Gasteiger partial charge in [-0.3, -0.25) is 13.9 Å². The summed E-state index contributed by atoms with van der Waals surface area (Å²) in [7, 11) is -2.09. The van der Waals surface area contributed by atoms with Crippen LogP contribution < -0.4 is 9.62 Å². The van der Waals surface area contributed by atoms with Gasteiger partial charge in [0.25, 0.3) is 0 Å². The van der Waals surface area contributed by atoms with Crippen LogP contribution in [0.5, 0.6) is 0 Å². The van der Waals surface area contributed by atoms with Crippen molar-refractivity contribution in [2.45, 2.75) is 32.2 Å². The Morgan fingerprint density at radius 3 is 2.22 bits per heavy atom. The third kappa shape index (κ3) is 7.33. The van der Waals surface area contributed by atoms with Crippen LogP contribution in [0.15, 0.2) is 54.6 Å². The Morgan fingerprint density at radius 2 is 1.66 bits per heavy atom. The Balaban J connectivity index is 2.06. The number of nitrogens with zero attached hydrogens (tertiary/aromatic N) is 2. The number of sulfonamides is 1. The van der Waals surface area contributed by atoms with Gasteiger partial charge in [0.05, 0.1) is 11.9 Å². The topological polar surface area (TPSA) is 86.8 Å². The van der Waals surface area contributed by atoms with E-state index < -0.39 is 21.9 Å². The van der Waals surface area contributed by atoms with Crippen LogP contribution in [0.1, 0.15) is 25.3 Å². The molecule has 2 rings (SSSR count). The highest BCUT2D eigenvalue weighted by Crippen LogP contribution is 2.19. The molecule has 0 bridgehead atoms. The number of halogens is 1. The lowest BCUT2D eigenvalue weighted by Crippen LogP contribution is -2.48. The number of carbonyl (C=O) groups excluding carboxylic acids is 2. The SMILES string of the molecule is CNC(=O)[C@H](C)N(CCc1ccccc1)C(=O)CCCN(c1ccc(F)cc1)S(C)(=O)=O. The van der Waals surface area contributed by atoms with Gasteiger partial charge in [-0.2, -0.15) is 0 Å². The van der Waals surface area contributed by atoms with E-state index in [0.717, 1.165) is 16.1 Å². The van der Waals surface area contributed by atoms with Crippen LogP contribution in [0.3, 0.4) is 0 Å². The molecule has 9 heteroatoms. The number of nitrogens with one attached hydrogen (secondary N) is 1. The average Bonchev–Trinajstić information content (AvgIpc) is 2.77. The minimum atomic E-state index is -3.61.